The van der Waals surface area contributed by atoms with E-state index in [0.29, 0.717) is 41.7 Å². The van der Waals surface area contributed by atoms with Crippen LogP contribution in [0.2, 0.25) is 0 Å². The first-order chi connectivity index (χ1) is 15.4. The van der Waals surface area contributed by atoms with E-state index in [-0.39, 0.29) is 29.2 Å². The van der Waals surface area contributed by atoms with E-state index < -0.39 is 5.69 Å². The van der Waals surface area contributed by atoms with Crippen LogP contribution in [0.5, 0.6) is 0 Å². The van der Waals surface area contributed by atoms with Gasteiger partial charge >= 0.3 is 5.69 Å². The number of anilines is 2. The quantitative estimate of drug-likeness (QED) is 0.573. The highest BCUT2D eigenvalue weighted by Crippen LogP contribution is 2.30. The predicted octanol–water partition coefficient (Wildman–Crippen LogP) is 3.09. The maximum Gasteiger partial charge on any atom is 0.328 e. The first kappa shape index (κ1) is 21.5. The SMILES string of the molecule is CC(=O)Nc1ccc(NC(=O)C2CCC(Cn3c(=O)[nH]c4ccccc4c3=O)CC2)cc1. The molecular weight excluding hydrogens is 408 g/mol. The number of amides is 2. The third kappa shape index (κ3) is 4.80. The highest BCUT2D eigenvalue weighted by atomic mass is 16.2. The molecule has 0 radical (unpaired) electrons. The molecule has 8 nitrogen and oxygen atoms in total. The summed E-state index contributed by atoms with van der Waals surface area (Å²) in [6.45, 7) is 1.80. The number of hydrogen-bond donors (Lipinski definition) is 3. The number of carbonyl (C=O) groups is 2. The fraction of sp³-hybridized carbons (Fsp3) is 0.333. The minimum absolute atomic E-state index is 0.0311. The number of nitrogens with one attached hydrogen (secondary N) is 3. The van der Waals surface area contributed by atoms with Gasteiger partial charge in [0.05, 0.1) is 10.9 Å². The van der Waals surface area contributed by atoms with E-state index >= 15 is 0 Å². The number of H-pyrrole nitrogens is 1. The molecule has 2 aromatic carbocycles. The van der Waals surface area contributed by atoms with E-state index in [4.69, 9.17) is 0 Å². The molecule has 0 unspecified atom stereocenters. The van der Waals surface area contributed by atoms with Gasteiger partial charge in [0.2, 0.25) is 11.8 Å². The van der Waals surface area contributed by atoms with Gasteiger partial charge in [-0.2, -0.15) is 0 Å². The fourth-order valence-electron chi connectivity index (χ4n) is 4.31. The lowest BCUT2D eigenvalue weighted by atomic mass is 9.81. The van der Waals surface area contributed by atoms with Crippen LogP contribution in [-0.2, 0) is 16.1 Å². The van der Waals surface area contributed by atoms with E-state index in [1.807, 2.05) is 0 Å². The molecule has 2 amide bonds. The molecule has 1 aliphatic rings. The lowest BCUT2D eigenvalue weighted by molar-refractivity contribution is -0.121. The summed E-state index contributed by atoms with van der Waals surface area (Å²) in [5.41, 5.74) is 1.24. The molecule has 0 spiro atoms. The van der Waals surface area contributed by atoms with Crippen molar-refractivity contribution in [2.24, 2.45) is 11.8 Å². The van der Waals surface area contributed by atoms with E-state index in [0.717, 1.165) is 12.8 Å². The van der Waals surface area contributed by atoms with Crippen LogP contribution in [0.15, 0.2) is 58.1 Å². The first-order valence-corrected chi connectivity index (χ1v) is 10.8. The Kier molecular flexibility index (Phi) is 6.20. The van der Waals surface area contributed by atoms with Gasteiger partial charge in [-0.1, -0.05) is 12.1 Å². The molecule has 32 heavy (non-hydrogen) atoms. The summed E-state index contributed by atoms with van der Waals surface area (Å²) in [6, 6.07) is 14.0. The van der Waals surface area contributed by atoms with Gasteiger partial charge in [0.1, 0.15) is 0 Å². The summed E-state index contributed by atoms with van der Waals surface area (Å²) in [4.78, 5) is 51.7. The molecule has 0 atom stereocenters. The number of carbonyl (C=O) groups excluding carboxylic acids is 2. The molecule has 1 fully saturated rings. The Hall–Kier alpha value is -3.68. The zero-order chi connectivity index (χ0) is 22.7. The molecular formula is C24H26N4O4. The van der Waals surface area contributed by atoms with Gasteiger partial charge in [-0.15, -0.1) is 0 Å². The minimum Gasteiger partial charge on any atom is -0.326 e. The van der Waals surface area contributed by atoms with Gasteiger partial charge < -0.3 is 15.6 Å². The van der Waals surface area contributed by atoms with Gasteiger partial charge in [0.15, 0.2) is 0 Å². The maximum absolute atomic E-state index is 12.7. The smallest absolute Gasteiger partial charge is 0.326 e. The summed E-state index contributed by atoms with van der Waals surface area (Å²) < 4.78 is 1.28. The molecule has 3 N–H and O–H groups in total. The number of aromatic amines is 1. The highest BCUT2D eigenvalue weighted by Gasteiger charge is 2.27. The van der Waals surface area contributed by atoms with Crippen molar-refractivity contribution in [1.29, 1.82) is 0 Å². The predicted molar refractivity (Wildman–Crippen MR) is 124 cm³/mol. The molecule has 1 aliphatic carbocycles. The van der Waals surface area contributed by atoms with Crippen molar-refractivity contribution in [1.82, 2.24) is 9.55 Å². The fourth-order valence-corrected chi connectivity index (χ4v) is 4.31. The second kappa shape index (κ2) is 9.21. The van der Waals surface area contributed by atoms with Crippen molar-refractivity contribution in [3.05, 3.63) is 69.4 Å². The Morgan fingerprint density at radius 1 is 0.938 bits per heavy atom. The number of para-hydroxylation sites is 1. The van der Waals surface area contributed by atoms with Crippen LogP contribution in [0.1, 0.15) is 32.6 Å². The average Bonchev–Trinajstić information content (AvgIpc) is 2.78. The second-order valence-electron chi connectivity index (χ2n) is 8.36. The summed E-state index contributed by atoms with van der Waals surface area (Å²) in [5.74, 6) is -0.105. The standard InChI is InChI=1S/C24H26N4O4/c1-15(29)25-18-10-12-19(13-11-18)26-22(30)17-8-6-16(7-9-17)14-28-23(31)20-4-2-3-5-21(20)27-24(28)32/h2-5,10-13,16-17H,6-9,14H2,1H3,(H,25,29)(H,26,30)(H,27,32). The molecule has 0 saturated heterocycles. The van der Waals surface area contributed by atoms with E-state index in [1.54, 1.807) is 48.5 Å². The monoisotopic (exact) mass is 434 g/mol. The lowest BCUT2D eigenvalue weighted by Crippen LogP contribution is -2.38. The number of hydrogen-bond acceptors (Lipinski definition) is 4. The van der Waals surface area contributed by atoms with Crippen LogP contribution in [0.4, 0.5) is 11.4 Å². The summed E-state index contributed by atoms with van der Waals surface area (Å²) in [6.07, 6.45) is 2.97. The third-order valence-corrected chi connectivity index (χ3v) is 6.02. The summed E-state index contributed by atoms with van der Waals surface area (Å²) in [5, 5.41) is 6.13. The molecule has 3 aromatic rings. The van der Waals surface area contributed by atoms with Crippen LogP contribution in [0.3, 0.4) is 0 Å². The van der Waals surface area contributed by atoms with Crippen LogP contribution in [0.25, 0.3) is 10.9 Å². The van der Waals surface area contributed by atoms with Crippen molar-refractivity contribution >= 4 is 34.1 Å². The summed E-state index contributed by atoms with van der Waals surface area (Å²) >= 11 is 0. The van der Waals surface area contributed by atoms with E-state index in [2.05, 4.69) is 15.6 Å². The van der Waals surface area contributed by atoms with E-state index in [9.17, 15) is 19.2 Å². The van der Waals surface area contributed by atoms with Crippen LogP contribution < -0.4 is 21.9 Å². The second-order valence-corrected chi connectivity index (χ2v) is 8.36. The zero-order valence-electron chi connectivity index (χ0n) is 17.9. The van der Waals surface area contributed by atoms with Crippen LogP contribution in [0, 0.1) is 11.8 Å². The first-order valence-electron chi connectivity index (χ1n) is 10.8. The highest BCUT2D eigenvalue weighted by molar-refractivity contribution is 5.93. The van der Waals surface area contributed by atoms with Gasteiger partial charge in [-0.05, 0) is 68.0 Å². The largest absolute Gasteiger partial charge is 0.328 e. The molecule has 1 saturated carbocycles. The van der Waals surface area contributed by atoms with Gasteiger partial charge in [-0.25, -0.2) is 4.79 Å². The van der Waals surface area contributed by atoms with Gasteiger partial charge in [0.25, 0.3) is 5.56 Å². The molecule has 0 bridgehead atoms. The molecule has 8 heteroatoms. The Balaban J connectivity index is 1.35. The number of nitrogens with zero attached hydrogens (tertiary/aromatic N) is 1. The van der Waals surface area contributed by atoms with Crippen molar-refractivity contribution in [3.8, 4) is 0 Å². The molecule has 1 heterocycles. The average molecular weight is 434 g/mol. The summed E-state index contributed by atoms with van der Waals surface area (Å²) in [7, 11) is 0. The van der Waals surface area contributed by atoms with Crippen molar-refractivity contribution < 1.29 is 9.59 Å². The molecule has 166 valence electrons. The number of aromatic nitrogens is 2. The zero-order valence-corrected chi connectivity index (χ0v) is 17.9. The topological polar surface area (TPSA) is 113 Å². The van der Waals surface area contributed by atoms with Crippen molar-refractivity contribution in [2.75, 3.05) is 10.6 Å². The van der Waals surface area contributed by atoms with Crippen LogP contribution >= 0.6 is 0 Å². The molecule has 1 aromatic heterocycles. The van der Waals surface area contributed by atoms with Gasteiger partial charge in [0, 0.05) is 30.8 Å². The number of fused-ring (bicyclic) bond motifs is 1. The number of rotatable bonds is 5. The Labute approximate surface area is 184 Å². The van der Waals surface area contributed by atoms with Crippen LogP contribution in [-0.4, -0.2) is 21.4 Å². The Bertz CT molecular complexity index is 1250. The van der Waals surface area contributed by atoms with E-state index in [1.165, 1.54) is 11.5 Å². The lowest BCUT2D eigenvalue weighted by Gasteiger charge is -2.28. The third-order valence-electron chi connectivity index (χ3n) is 6.02. The van der Waals surface area contributed by atoms with Gasteiger partial charge in [-0.3, -0.25) is 19.0 Å². The maximum atomic E-state index is 12.7. The number of benzene rings is 2. The van der Waals surface area contributed by atoms with Crippen molar-refractivity contribution in [3.63, 3.8) is 0 Å². The Morgan fingerprint density at radius 3 is 2.22 bits per heavy atom. The van der Waals surface area contributed by atoms with Crippen molar-refractivity contribution in [2.45, 2.75) is 39.2 Å². The Morgan fingerprint density at radius 2 is 1.56 bits per heavy atom. The normalized spacial score (nSPS) is 18.3. The molecule has 4 rings (SSSR count). The molecule has 0 aliphatic heterocycles. The minimum atomic E-state index is -0.392.